The highest BCUT2D eigenvalue weighted by Gasteiger charge is 2.22. The van der Waals surface area contributed by atoms with Crippen LogP contribution in [0.1, 0.15) is 50.1 Å². The molecule has 130 valence electrons. The van der Waals surface area contributed by atoms with Gasteiger partial charge in [0.2, 0.25) is 5.91 Å². The number of aryl methyl sites for hydroxylation is 2. The highest BCUT2D eigenvalue weighted by Crippen LogP contribution is 2.24. The lowest BCUT2D eigenvalue weighted by atomic mass is 9.97. The Kier molecular flexibility index (Phi) is 6.21. The SMILES string of the molecule is Cc1nc(C(C)(C)C)oc1CCCNC(=O)Cc1ccccc1Br. The molecule has 1 amide bonds. The molecule has 0 saturated carbocycles. The largest absolute Gasteiger partial charge is 0.445 e. The highest BCUT2D eigenvalue weighted by molar-refractivity contribution is 9.10. The summed E-state index contributed by atoms with van der Waals surface area (Å²) in [4.78, 5) is 16.5. The molecule has 0 saturated heterocycles. The maximum atomic E-state index is 12.0. The van der Waals surface area contributed by atoms with Crippen LogP contribution in [-0.4, -0.2) is 17.4 Å². The summed E-state index contributed by atoms with van der Waals surface area (Å²) >= 11 is 3.46. The van der Waals surface area contributed by atoms with E-state index >= 15 is 0 Å². The lowest BCUT2D eigenvalue weighted by Gasteiger charge is -2.12. The molecule has 0 spiro atoms. The molecular weight excluding hydrogens is 368 g/mol. The number of carbonyl (C=O) groups is 1. The molecule has 1 N–H and O–H groups in total. The van der Waals surface area contributed by atoms with E-state index in [4.69, 9.17) is 4.42 Å². The van der Waals surface area contributed by atoms with Crippen LogP contribution in [0.15, 0.2) is 33.2 Å². The summed E-state index contributed by atoms with van der Waals surface area (Å²) in [6.07, 6.45) is 2.00. The Morgan fingerprint density at radius 2 is 2.00 bits per heavy atom. The van der Waals surface area contributed by atoms with Crippen molar-refractivity contribution in [2.45, 2.75) is 52.4 Å². The number of oxazole rings is 1. The summed E-state index contributed by atoms with van der Waals surface area (Å²) in [5, 5.41) is 2.96. The van der Waals surface area contributed by atoms with Crippen molar-refractivity contribution in [3.8, 4) is 0 Å². The Labute approximate surface area is 152 Å². The van der Waals surface area contributed by atoms with Crippen molar-refractivity contribution in [3.05, 3.63) is 51.6 Å². The minimum atomic E-state index is -0.0830. The Hall–Kier alpha value is -1.62. The number of benzene rings is 1. The standard InChI is InChI=1S/C19H25BrN2O2/c1-13-16(24-18(22-13)19(2,3)4)10-7-11-21-17(23)12-14-8-5-6-9-15(14)20/h5-6,8-9H,7,10-12H2,1-4H3,(H,21,23). The zero-order valence-corrected chi connectivity index (χ0v) is 16.4. The predicted molar refractivity (Wildman–Crippen MR) is 99.1 cm³/mol. The zero-order valence-electron chi connectivity index (χ0n) is 14.8. The number of amides is 1. The van der Waals surface area contributed by atoms with Crippen molar-refractivity contribution < 1.29 is 9.21 Å². The first-order valence-corrected chi connectivity index (χ1v) is 9.03. The minimum absolute atomic E-state index is 0.0339. The first kappa shape index (κ1) is 18.7. The molecule has 0 aliphatic heterocycles. The Bertz CT molecular complexity index is 702. The monoisotopic (exact) mass is 392 g/mol. The van der Waals surface area contributed by atoms with Crippen LogP contribution in [0.25, 0.3) is 0 Å². The predicted octanol–water partition coefficient (Wildman–Crippen LogP) is 4.33. The Morgan fingerprint density at radius 3 is 2.62 bits per heavy atom. The highest BCUT2D eigenvalue weighted by atomic mass is 79.9. The first-order valence-electron chi connectivity index (χ1n) is 8.24. The number of carbonyl (C=O) groups excluding carboxylic acids is 1. The van der Waals surface area contributed by atoms with Gasteiger partial charge >= 0.3 is 0 Å². The zero-order chi connectivity index (χ0) is 17.7. The average molecular weight is 393 g/mol. The molecule has 24 heavy (non-hydrogen) atoms. The average Bonchev–Trinajstić information content (AvgIpc) is 2.87. The van der Waals surface area contributed by atoms with E-state index in [9.17, 15) is 4.79 Å². The fourth-order valence-electron chi connectivity index (χ4n) is 2.33. The molecule has 0 radical (unpaired) electrons. The summed E-state index contributed by atoms with van der Waals surface area (Å²) in [6, 6.07) is 7.78. The lowest BCUT2D eigenvalue weighted by molar-refractivity contribution is -0.120. The molecule has 0 bridgehead atoms. The minimum Gasteiger partial charge on any atom is -0.445 e. The van der Waals surface area contributed by atoms with Crippen LogP contribution in [0.5, 0.6) is 0 Å². The van der Waals surface area contributed by atoms with Crippen LogP contribution in [0.3, 0.4) is 0 Å². The second-order valence-electron chi connectivity index (χ2n) is 7.00. The van der Waals surface area contributed by atoms with Gasteiger partial charge in [-0.05, 0) is 25.0 Å². The molecular formula is C19H25BrN2O2. The van der Waals surface area contributed by atoms with E-state index in [0.29, 0.717) is 13.0 Å². The molecule has 4 nitrogen and oxygen atoms in total. The molecule has 0 aliphatic rings. The number of rotatable bonds is 6. The van der Waals surface area contributed by atoms with Crippen LogP contribution in [-0.2, 0) is 23.1 Å². The first-order chi connectivity index (χ1) is 11.3. The molecule has 1 aromatic heterocycles. The number of nitrogens with one attached hydrogen (secondary N) is 1. The summed E-state index contributed by atoms with van der Waals surface area (Å²) in [7, 11) is 0. The summed E-state index contributed by atoms with van der Waals surface area (Å²) in [6.45, 7) is 8.87. The maximum Gasteiger partial charge on any atom is 0.224 e. The van der Waals surface area contributed by atoms with E-state index in [-0.39, 0.29) is 11.3 Å². The molecule has 2 rings (SSSR count). The van der Waals surface area contributed by atoms with E-state index in [2.05, 4.69) is 47.0 Å². The van der Waals surface area contributed by atoms with Gasteiger partial charge in [0.1, 0.15) is 5.76 Å². The number of hydrogen-bond donors (Lipinski definition) is 1. The molecule has 2 aromatic rings. The second kappa shape index (κ2) is 7.97. The van der Waals surface area contributed by atoms with Crippen LogP contribution >= 0.6 is 15.9 Å². The number of nitrogens with zero attached hydrogens (tertiary/aromatic N) is 1. The molecule has 0 aliphatic carbocycles. The third-order valence-electron chi connectivity index (χ3n) is 3.75. The van der Waals surface area contributed by atoms with Crippen molar-refractivity contribution in [2.24, 2.45) is 0 Å². The third kappa shape index (κ3) is 5.20. The molecule has 0 unspecified atom stereocenters. The van der Waals surface area contributed by atoms with Gasteiger partial charge < -0.3 is 9.73 Å². The van der Waals surface area contributed by atoms with Crippen molar-refractivity contribution in [3.63, 3.8) is 0 Å². The van der Waals surface area contributed by atoms with Gasteiger partial charge in [0.15, 0.2) is 5.89 Å². The number of aromatic nitrogens is 1. The van der Waals surface area contributed by atoms with Crippen LogP contribution in [0.2, 0.25) is 0 Å². The van der Waals surface area contributed by atoms with Crippen LogP contribution in [0.4, 0.5) is 0 Å². The maximum absolute atomic E-state index is 12.0. The topological polar surface area (TPSA) is 55.1 Å². The summed E-state index contributed by atoms with van der Waals surface area (Å²) in [5.41, 5.74) is 1.86. The van der Waals surface area contributed by atoms with E-state index in [0.717, 1.165) is 40.2 Å². The van der Waals surface area contributed by atoms with Gasteiger partial charge in [-0.3, -0.25) is 4.79 Å². The van der Waals surface area contributed by atoms with E-state index in [1.54, 1.807) is 0 Å². The fraction of sp³-hybridized carbons (Fsp3) is 0.474. The van der Waals surface area contributed by atoms with E-state index < -0.39 is 0 Å². The van der Waals surface area contributed by atoms with Crippen LogP contribution in [0, 0.1) is 6.92 Å². The van der Waals surface area contributed by atoms with Crippen molar-refractivity contribution in [1.29, 1.82) is 0 Å². The van der Waals surface area contributed by atoms with Crippen molar-refractivity contribution in [1.82, 2.24) is 10.3 Å². The van der Waals surface area contributed by atoms with Gasteiger partial charge in [-0.25, -0.2) is 4.98 Å². The summed E-state index contributed by atoms with van der Waals surface area (Å²) < 4.78 is 6.83. The number of hydrogen-bond acceptors (Lipinski definition) is 3. The van der Waals surface area contributed by atoms with Gasteiger partial charge in [0, 0.05) is 22.9 Å². The van der Waals surface area contributed by atoms with Gasteiger partial charge in [-0.1, -0.05) is 54.9 Å². The van der Waals surface area contributed by atoms with E-state index in [1.165, 1.54) is 0 Å². The quantitative estimate of drug-likeness (QED) is 0.743. The Balaban J connectivity index is 1.78. The lowest BCUT2D eigenvalue weighted by Crippen LogP contribution is -2.26. The summed E-state index contributed by atoms with van der Waals surface area (Å²) in [5.74, 6) is 1.72. The van der Waals surface area contributed by atoms with Crippen LogP contribution < -0.4 is 5.32 Å². The molecule has 0 fully saturated rings. The van der Waals surface area contributed by atoms with E-state index in [1.807, 2.05) is 31.2 Å². The van der Waals surface area contributed by atoms with Crippen molar-refractivity contribution in [2.75, 3.05) is 6.54 Å². The second-order valence-corrected chi connectivity index (χ2v) is 7.85. The molecule has 1 heterocycles. The fourth-order valence-corrected chi connectivity index (χ4v) is 2.76. The molecule has 0 atom stereocenters. The van der Waals surface area contributed by atoms with Gasteiger partial charge in [-0.15, -0.1) is 0 Å². The molecule has 1 aromatic carbocycles. The number of halogens is 1. The van der Waals surface area contributed by atoms with Gasteiger partial charge in [0.05, 0.1) is 12.1 Å². The van der Waals surface area contributed by atoms with Crippen molar-refractivity contribution >= 4 is 21.8 Å². The molecule has 5 heteroatoms. The van der Waals surface area contributed by atoms with Gasteiger partial charge in [0.25, 0.3) is 0 Å². The third-order valence-corrected chi connectivity index (χ3v) is 4.52. The Morgan fingerprint density at radius 1 is 1.29 bits per heavy atom. The smallest absolute Gasteiger partial charge is 0.224 e. The van der Waals surface area contributed by atoms with Gasteiger partial charge in [-0.2, -0.15) is 0 Å². The normalized spacial score (nSPS) is 11.5.